The minimum Gasteiger partial charge on any atom is -0.390 e. The van der Waals surface area contributed by atoms with Crippen LogP contribution in [-0.4, -0.2) is 85.7 Å². The van der Waals surface area contributed by atoms with Gasteiger partial charge in [-0.1, -0.05) is 64.5 Å². The molecule has 9 aliphatic rings. The van der Waals surface area contributed by atoms with Crippen molar-refractivity contribution < 1.29 is 40.4 Å². The zero-order valence-corrected chi connectivity index (χ0v) is 35.3. The number of ether oxygens (including phenoxy) is 1. The van der Waals surface area contributed by atoms with Gasteiger partial charge < -0.3 is 35.6 Å². The second-order valence-corrected chi connectivity index (χ2v) is 21.9. The highest BCUT2D eigenvalue weighted by molar-refractivity contribution is 5.95. The Hall–Kier alpha value is -1.17. The van der Waals surface area contributed by atoms with Crippen molar-refractivity contribution >= 4 is 5.78 Å². The lowest BCUT2D eigenvalue weighted by molar-refractivity contribution is -0.703. The minimum atomic E-state index is -1.53. The summed E-state index contributed by atoms with van der Waals surface area (Å²) in [6, 6.07) is 0. The molecule has 7 aliphatic carbocycles. The maximum Gasteiger partial charge on any atom is 0.159 e. The molecule has 0 aromatic heterocycles. The summed E-state index contributed by atoms with van der Waals surface area (Å²) in [5.41, 5.74) is 2.98. The van der Waals surface area contributed by atoms with E-state index in [1.807, 2.05) is 6.92 Å². The molecule has 2 saturated heterocycles. The van der Waals surface area contributed by atoms with Crippen LogP contribution in [0.1, 0.15) is 143 Å². The van der Waals surface area contributed by atoms with E-state index in [1.54, 1.807) is 6.08 Å². The van der Waals surface area contributed by atoms with E-state index < -0.39 is 58.3 Å². The van der Waals surface area contributed by atoms with Crippen molar-refractivity contribution in [1.82, 2.24) is 0 Å². The molecular weight excluding hydrogens is 717 g/mol. The van der Waals surface area contributed by atoms with Gasteiger partial charge in [0.05, 0.1) is 42.2 Å². The van der Waals surface area contributed by atoms with E-state index in [-0.39, 0.29) is 54.1 Å². The number of carbonyl (C=O) groups excluding carboxylic acids is 1. The second kappa shape index (κ2) is 15.3. The molecular formula is C48H77N2O7+. The minimum absolute atomic E-state index is 0.00537. The van der Waals surface area contributed by atoms with Crippen LogP contribution in [0, 0.1) is 70.0 Å². The number of hydrogen-bond acceptors (Lipinski definition) is 8. The highest BCUT2D eigenvalue weighted by atomic mass is 16.5. The molecule has 19 atom stereocenters. The topological polar surface area (TPSA) is 170 Å². The zero-order valence-electron chi connectivity index (χ0n) is 35.3. The fraction of sp³-hybridized carbons (Fsp3) is 0.896. The van der Waals surface area contributed by atoms with Crippen molar-refractivity contribution in [2.75, 3.05) is 6.54 Å². The van der Waals surface area contributed by atoms with E-state index >= 15 is 0 Å². The highest BCUT2D eigenvalue weighted by Gasteiger charge is 2.75. The van der Waals surface area contributed by atoms with Gasteiger partial charge in [-0.25, -0.2) is 0 Å². The van der Waals surface area contributed by atoms with Gasteiger partial charge in [0.1, 0.15) is 12.3 Å². The van der Waals surface area contributed by atoms with Gasteiger partial charge in [-0.15, -0.1) is 0 Å². The van der Waals surface area contributed by atoms with Gasteiger partial charge >= 0.3 is 0 Å². The van der Waals surface area contributed by atoms with E-state index in [1.165, 1.54) is 19.3 Å². The van der Waals surface area contributed by atoms with Gasteiger partial charge in [-0.05, 0) is 148 Å². The first kappa shape index (κ1) is 41.2. The number of aliphatic hydroxyl groups excluding tert-OH is 3. The first-order valence-electron chi connectivity index (χ1n) is 23.9. The quantitative estimate of drug-likeness (QED) is 0.179. The fourth-order valence-electron chi connectivity index (χ4n) is 16.7. The zero-order chi connectivity index (χ0) is 40.1. The Morgan fingerprint density at radius 1 is 0.965 bits per heavy atom. The third-order valence-corrected chi connectivity index (χ3v) is 19.3. The number of aliphatic hydroxyl groups is 5. The molecule has 0 aromatic carbocycles. The average Bonchev–Trinajstić information content (AvgIpc) is 3.52. The maximum atomic E-state index is 14.8. The van der Waals surface area contributed by atoms with Crippen LogP contribution < -0.4 is 11.1 Å². The lowest BCUT2D eigenvalue weighted by Crippen LogP contribution is -2.95. The molecule has 5 saturated carbocycles. The number of rotatable bonds is 7. The van der Waals surface area contributed by atoms with Crippen molar-refractivity contribution in [1.29, 1.82) is 0 Å². The Morgan fingerprint density at radius 2 is 1.72 bits per heavy atom. The molecule has 1 spiro atoms. The Balaban J connectivity index is 1.12. The molecule has 2 aliphatic heterocycles. The van der Waals surface area contributed by atoms with Crippen molar-refractivity contribution in [3.8, 4) is 0 Å². The van der Waals surface area contributed by atoms with E-state index in [0.717, 1.165) is 88.7 Å². The highest BCUT2D eigenvalue weighted by Crippen LogP contribution is 2.75. The van der Waals surface area contributed by atoms with Crippen molar-refractivity contribution in [3.63, 3.8) is 0 Å². The van der Waals surface area contributed by atoms with Gasteiger partial charge in [0.2, 0.25) is 0 Å². The lowest BCUT2D eigenvalue weighted by Gasteiger charge is -2.66. The van der Waals surface area contributed by atoms with Crippen LogP contribution in [0.3, 0.4) is 0 Å². The summed E-state index contributed by atoms with van der Waals surface area (Å²) in [5, 5.41) is 64.6. The predicted molar refractivity (Wildman–Crippen MR) is 218 cm³/mol. The van der Waals surface area contributed by atoms with Crippen LogP contribution in [-0.2, 0) is 9.53 Å². The molecule has 57 heavy (non-hydrogen) atoms. The molecule has 9 nitrogen and oxygen atoms in total. The number of piperidine rings is 1. The smallest absolute Gasteiger partial charge is 0.159 e. The predicted octanol–water partition coefficient (Wildman–Crippen LogP) is 4.91. The number of quaternary nitrogens is 1. The Kier molecular flexibility index (Phi) is 11.1. The first-order valence-corrected chi connectivity index (χ1v) is 23.9. The van der Waals surface area contributed by atoms with Crippen LogP contribution in [0.25, 0.3) is 0 Å². The average molecular weight is 794 g/mol. The van der Waals surface area contributed by atoms with Crippen LogP contribution in [0.2, 0.25) is 0 Å². The van der Waals surface area contributed by atoms with Crippen molar-refractivity contribution in [3.05, 3.63) is 23.8 Å². The molecule has 2 heterocycles. The molecule has 0 aromatic rings. The van der Waals surface area contributed by atoms with E-state index in [0.29, 0.717) is 37.5 Å². The van der Waals surface area contributed by atoms with E-state index in [4.69, 9.17) is 10.5 Å². The molecule has 320 valence electrons. The standard InChI is InChI=1S/C48H76N2O7/c1-4-8-28-11-16-33-27(2)43(57-39(33)17-12-28)44(54)45(3,55)40-19-20-48(56)35-22-36(51)34-21-37(52)38(53)25-46(34)23-29(31-15-18-41(49)50-26-31)13-14-30(42(35)46)24-47(40,48)32-9-6-5-7-10-32/h13-14,22,27-34,37-44,50,52-56H,4-12,15-21,23-26,49H2,1-3H3/p+1. The summed E-state index contributed by atoms with van der Waals surface area (Å²) in [7, 11) is 0. The van der Waals surface area contributed by atoms with Crippen LogP contribution in [0.15, 0.2) is 23.8 Å². The summed E-state index contributed by atoms with van der Waals surface area (Å²) >= 11 is 0. The van der Waals surface area contributed by atoms with Gasteiger partial charge in [-0.3, -0.25) is 10.5 Å². The Labute approximate surface area is 342 Å². The summed E-state index contributed by atoms with van der Waals surface area (Å²) in [6.45, 7) is 7.28. The maximum absolute atomic E-state index is 14.8. The Morgan fingerprint density at radius 3 is 2.46 bits per heavy atom. The second-order valence-electron chi connectivity index (χ2n) is 21.9. The third kappa shape index (κ3) is 6.38. The van der Waals surface area contributed by atoms with Gasteiger partial charge in [0.15, 0.2) is 5.78 Å². The molecule has 19 unspecified atom stereocenters. The van der Waals surface area contributed by atoms with Gasteiger partial charge in [0, 0.05) is 23.7 Å². The molecule has 9 N–H and O–H groups in total. The summed E-state index contributed by atoms with van der Waals surface area (Å²) in [6.07, 6.45) is 20.6. The lowest BCUT2D eigenvalue weighted by atomic mass is 9.39. The number of hydrogen-bond donors (Lipinski definition) is 7. The SMILES string of the molecule is CCCC1CCC2OC(C(O)C(C)(O)C3CCC4(O)C5=CC(=O)C6CC(O)C(O)CC67CC(C6CCC(N)[NH2+]C6)C=CC(CC34C3CCCCC3)C57)C(C)C2CC1. The molecule has 0 amide bonds. The van der Waals surface area contributed by atoms with E-state index in [2.05, 4.69) is 31.3 Å². The molecule has 0 radical (unpaired) electrons. The largest absolute Gasteiger partial charge is 0.390 e. The number of carbonyl (C=O) groups is 1. The van der Waals surface area contributed by atoms with Crippen LogP contribution in [0.4, 0.5) is 0 Å². The fourth-order valence-corrected chi connectivity index (χ4v) is 16.7. The normalized spacial score (nSPS) is 51.7. The number of nitrogens with two attached hydrogens (primary N) is 2. The molecule has 9 heteroatoms. The first-order chi connectivity index (χ1) is 27.2. The Bertz CT molecular complexity index is 1550. The third-order valence-electron chi connectivity index (χ3n) is 19.3. The van der Waals surface area contributed by atoms with E-state index in [9.17, 15) is 30.3 Å². The van der Waals surface area contributed by atoms with Crippen LogP contribution >= 0.6 is 0 Å². The summed E-state index contributed by atoms with van der Waals surface area (Å²) < 4.78 is 6.87. The van der Waals surface area contributed by atoms with Crippen LogP contribution in [0.5, 0.6) is 0 Å². The van der Waals surface area contributed by atoms with Crippen molar-refractivity contribution in [2.45, 2.75) is 191 Å². The van der Waals surface area contributed by atoms with Crippen molar-refractivity contribution in [2.24, 2.45) is 75.7 Å². The summed E-state index contributed by atoms with van der Waals surface area (Å²) in [5.74, 6) is 0.994. The van der Waals surface area contributed by atoms with Gasteiger partial charge in [0.25, 0.3) is 0 Å². The summed E-state index contributed by atoms with van der Waals surface area (Å²) in [4.78, 5) is 14.8. The monoisotopic (exact) mass is 794 g/mol. The molecule has 7 fully saturated rings. The molecule has 0 bridgehead atoms. The number of allylic oxidation sites excluding steroid dienone is 3. The molecule has 9 rings (SSSR count). The number of fused-ring (bicyclic) bond motifs is 3. The van der Waals surface area contributed by atoms with Gasteiger partial charge in [-0.2, -0.15) is 0 Å². The number of ketones is 1.